The summed E-state index contributed by atoms with van der Waals surface area (Å²) in [6, 6.07) is 11.1. The lowest BCUT2D eigenvalue weighted by Crippen LogP contribution is -2.49. The number of benzene rings is 2. The van der Waals surface area contributed by atoms with Crippen LogP contribution in [0.4, 0.5) is 5.69 Å². The monoisotopic (exact) mass is 422 g/mol. The van der Waals surface area contributed by atoms with Gasteiger partial charge < -0.3 is 19.7 Å². The number of methoxy groups -OCH3 is 1. The molecule has 2 heterocycles. The summed E-state index contributed by atoms with van der Waals surface area (Å²) in [5.41, 5.74) is 1.07. The van der Waals surface area contributed by atoms with Gasteiger partial charge in [-0.05, 0) is 31.4 Å². The summed E-state index contributed by atoms with van der Waals surface area (Å²) in [7, 11) is 1.61. The number of ether oxygens (including phenoxy) is 2. The number of nitrogens with zero attached hydrogens (tertiary/aromatic N) is 3. The Morgan fingerprint density at radius 2 is 1.84 bits per heavy atom. The minimum Gasteiger partial charge on any atom is -0.496 e. The van der Waals surface area contributed by atoms with Gasteiger partial charge in [0, 0.05) is 30.2 Å². The standard InChI is InChI=1S/C23H26N4O4/c1-15-11-26(12-16(2)31-15)22(28)14-27-13-17(10-24-27)25-23(29)20-8-9-21(30-3)19-7-5-4-6-18(19)20/h4-10,13,15-16H,11-12,14H2,1-3H3,(H,25,29). The van der Waals surface area contributed by atoms with E-state index in [0.717, 1.165) is 10.8 Å². The largest absolute Gasteiger partial charge is 0.496 e. The van der Waals surface area contributed by atoms with E-state index in [1.807, 2.05) is 38.1 Å². The number of anilines is 1. The van der Waals surface area contributed by atoms with E-state index in [9.17, 15) is 9.59 Å². The number of hydrogen-bond donors (Lipinski definition) is 1. The molecule has 0 bridgehead atoms. The highest BCUT2D eigenvalue weighted by atomic mass is 16.5. The number of rotatable bonds is 5. The number of nitrogens with one attached hydrogen (secondary N) is 1. The zero-order valence-corrected chi connectivity index (χ0v) is 17.9. The second kappa shape index (κ2) is 8.77. The van der Waals surface area contributed by atoms with E-state index < -0.39 is 0 Å². The molecule has 3 aromatic rings. The van der Waals surface area contributed by atoms with Crippen LogP contribution in [0.3, 0.4) is 0 Å². The minimum absolute atomic E-state index is 0.0134. The van der Waals surface area contributed by atoms with Crippen LogP contribution < -0.4 is 10.1 Å². The molecule has 1 saturated heterocycles. The summed E-state index contributed by atoms with van der Waals surface area (Å²) in [6.45, 7) is 5.17. The molecule has 2 aromatic carbocycles. The molecule has 2 unspecified atom stereocenters. The van der Waals surface area contributed by atoms with Gasteiger partial charge in [-0.25, -0.2) is 0 Å². The van der Waals surface area contributed by atoms with Crippen LogP contribution in [0.2, 0.25) is 0 Å². The smallest absolute Gasteiger partial charge is 0.256 e. The maximum Gasteiger partial charge on any atom is 0.256 e. The Morgan fingerprint density at radius 1 is 1.13 bits per heavy atom. The van der Waals surface area contributed by atoms with Gasteiger partial charge >= 0.3 is 0 Å². The van der Waals surface area contributed by atoms with Crippen molar-refractivity contribution < 1.29 is 19.1 Å². The van der Waals surface area contributed by atoms with E-state index in [1.54, 1.807) is 36.5 Å². The lowest BCUT2D eigenvalue weighted by molar-refractivity contribution is -0.144. The zero-order valence-electron chi connectivity index (χ0n) is 17.9. The number of hydrogen-bond acceptors (Lipinski definition) is 5. The van der Waals surface area contributed by atoms with Crippen molar-refractivity contribution in [3.05, 3.63) is 54.4 Å². The third kappa shape index (κ3) is 4.54. The summed E-state index contributed by atoms with van der Waals surface area (Å²) in [5.74, 6) is 0.440. The van der Waals surface area contributed by atoms with Crippen LogP contribution in [-0.2, 0) is 16.1 Å². The highest BCUT2D eigenvalue weighted by Gasteiger charge is 2.26. The fraction of sp³-hybridized carbons (Fsp3) is 0.348. The predicted octanol–water partition coefficient (Wildman–Crippen LogP) is 2.93. The third-order valence-corrected chi connectivity index (χ3v) is 5.31. The van der Waals surface area contributed by atoms with Crippen molar-refractivity contribution in [3.8, 4) is 5.75 Å². The summed E-state index contributed by atoms with van der Waals surface area (Å²) < 4.78 is 12.6. The molecule has 1 fully saturated rings. The molecular formula is C23H26N4O4. The van der Waals surface area contributed by atoms with Gasteiger partial charge in [-0.15, -0.1) is 0 Å². The highest BCUT2D eigenvalue weighted by molar-refractivity contribution is 6.13. The number of carbonyl (C=O) groups excluding carboxylic acids is 2. The number of amides is 2. The molecule has 2 atom stereocenters. The minimum atomic E-state index is -0.249. The molecule has 1 aliphatic heterocycles. The molecule has 1 N–H and O–H groups in total. The van der Waals surface area contributed by atoms with Gasteiger partial charge in [-0.3, -0.25) is 14.3 Å². The van der Waals surface area contributed by atoms with Crippen LogP contribution >= 0.6 is 0 Å². The molecule has 162 valence electrons. The van der Waals surface area contributed by atoms with Crippen molar-refractivity contribution in [2.75, 3.05) is 25.5 Å². The van der Waals surface area contributed by atoms with Crippen molar-refractivity contribution in [3.63, 3.8) is 0 Å². The zero-order chi connectivity index (χ0) is 22.0. The van der Waals surface area contributed by atoms with Crippen molar-refractivity contribution >= 4 is 28.3 Å². The topological polar surface area (TPSA) is 85.7 Å². The van der Waals surface area contributed by atoms with Gasteiger partial charge in [0.15, 0.2) is 0 Å². The molecule has 1 aliphatic rings. The van der Waals surface area contributed by atoms with Gasteiger partial charge in [0.1, 0.15) is 12.3 Å². The predicted molar refractivity (Wildman–Crippen MR) is 117 cm³/mol. The fourth-order valence-corrected chi connectivity index (χ4v) is 3.98. The summed E-state index contributed by atoms with van der Waals surface area (Å²) in [5, 5.41) is 8.77. The molecule has 2 amide bonds. The first-order valence-corrected chi connectivity index (χ1v) is 10.3. The normalized spacial score (nSPS) is 18.7. The lowest BCUT2D eigenvalue weighted by atomic mass is 10.0. The van der Waals surface area contributed by atoms with Gasteiger partial charge in [-0.2, -0.15) is 5.10 Å². The lowest BCUT2D eigenvalue weighted by Gasteiger charge is -2.35. The fourth-order valence-electron chi connectivity index (χ4n) is 3.98. The second-order valence-corrected chi connectivity index (χ2v) is 7.80. The van der Waals surface area contributed by atoms with Crippen LogP contribution in [-0.4, -0.2) is 58.9 Å². The molecule has 4 rings (SSSR count). The van der Waals surface area contributed by atoms with Crippen LogP contribution in [0.15, 0.2) is 48.8 Å². The Labute approximate surface area is 180 Å². The van der Waals surface area contributed by atoms with Crippen molar-refractivity contribution in [2.45, 2.75) is 32.6 Å². The molecule has 0 spiro atoms. The SMILES string of the molecule is COc1ccc(C(=O)Nc2cnn(CC(=O)N3CC(C)OC(C)C3)c2)c2ccccc12. The average Bonchev–Trinajstić information content (AvgIpc) is 3.18. The summed E-state index contributed by atoms with van der Waals surface area (Å²) in [4.78, 5) is 27.3. The number of carbonyl (C=O) groups is 2. The van der Waals surface area contributed by atoms with Crippen LogP contribution in [0.5, 0.6) is 5.75 Å². The Morgan fingerprint density at radius 3 is 2.55 bits per heavy atom. The molecule has 31 heavy (non-hydrogen) atoms. The first-order valence-electron chi connectivity index (χ1n) is 10.3. The van der Waals surface area contributed by atoms with Crippen molar-refractivity contribution in [2.24, 2.45) is 0 Å². The van der Waals surface area contributed by atoms with Crippen LogP contribution in [0.1, 0.15) is 24.2 Å². The molecule has 0 radical (unpaired) electrons. The van der Waals surface area contributed by atoms with Gasteiger partial charge in [0.2, 0.25) is 5.91 Å². The maximum absolute atomic E-state index is 12.9. The first kappa shape index (κ1) is 20.9. The molecule has 0 aliphatic carbocycles. The van der Waals surface area contributed by atoms with E-state index in [0.29, 0.717) is 30.1 Å². The van der Waals surface area contributed by atoms with E-state index in [-0.39, 0.29) is 30.6 Å². The van der Waals surface area contributed by atoms with E-state index >= 15 is 0 Å². The first-order chi connectivity index (χ1) is 14.9. The molecular weight excluding hydrogens is 396 g/mol. The molecule has 1 aromatic heterocycles. The Kier molecular flexibility index (Phi) is 5.90. The van der Waals surface area contributed by atoms with Gasteiger partial charge in [-0.1, -0.05) is 24.3 Å². The third-order valence-electron chi connectivity index (χ3n) is 5.31. The van der Waals surface area contributed by atoms with E-state index in [4.69, 9.17) is 9.47 Å². The molecule has 8 nitrogen and oxygen atoms in total. The maximum atomic E-state index is 12.9. The van der Waals surface area contributed by atoms with Gasteiger partial charge in [0.25, 0.3) is 5.91 Å². The Bertz CT molecular complexity index is 1100. The summed E-state index contributed by atoms with van der Waals surface area (Å²) in [6.07, 6.45) is 3.23. The van der Waals surface area contributed by atoms with Crippen LogP contribution in [0.25, 0.3) is 10.8 Å². The Hall–Kier alpha value is -3.39. The van der Waals surface area contributed by atoms with Crippen LogP contribution in [0, 0.1) is 0 Å². The Balaban J connectivity index is 1.45. The second-order valence-electron chi connectivity index (χ2n) is 7.80. The van der Waals surface area contributed by atoms with Crippen molar-refractivity contribution in [1.29, 1.82) is 0 Å². The summed E-state index contributed by atoms with van der Waals surface area (Å²) >= 11 is 0. The number of morpholine rings is 1. The van der Waals surface area contributed by atoms with E-state index in [1.165, 1.54) is 4.68 Å². The van der Waals surface area contributed by atoms with Crippen molar-refractivity contribution in [1.82, 2.24) is 14.7 Å². The quantitative estimate of drug-likeness (QED) is 0.683. The highest BCUT2D eigenvalue weighted by Crippen LogP contribution is 2.28. The average molecular weight is 422 g/mol. The number of aromatic nitrogens is 2. The molecule has 8 heteroatoms. The number of fused-ring (bicyclic) bond motifs is 1. The van der Waals surface area contributed by atoms with Gasteiger partial charge in [0.05, 0.1) is 31.2 Å². The van der Waals surface area contributed by atoms with E-state index in [2.05, 4.69) is 10.4 Å². The molecule has 0 saturated carbocycles.